The van der Waals surface area contributed by atoms with Crippen LogP contribution in [0.5, 0.6) is 0 Å². The fraction of sp³-hybridized carbons (Fsp3) is 0.520. The Morgan fingerprint density at radius 3 is 1.76 bits per heavy atom. The van der Waals surface area contributed by atoms with Crippen LogP contribution >= 0.6 is 0 Å². The summed E-state index contributed by atoms with van der Waals surface area (Å²) in [5, 5.41) is 0. The van der Waals surface area contributed by atoms with E-state index in [2.05, 4.69) is 67.0 Å². The smallest absolute Gasteiger partial charge is 0.0196 e. The maximum absolute atomic E-state index is 4.24. The van der Waals surface area contributed by atoms with Gasteiger partial charge < -0.3 is 0 Å². The molecule has 0 bridgehead atoms. The highest BCUT2D eigenvalue weighted by Crippen LogP contribution is 2.27. The lowest BCUT2D eigenvalue weighted by atomic mass is 9.83. The van der Waals surface area contributed by atoms with E-state index in [-0.39, 0.29) is 0 Å². The zero-order chi connectivity index (χ0) is 19.4. The van der Waals surface area contributed by atoms with Crippen LogP contribution in [0.4, 0.5) is 0 Å². The Balaban J connectivity index is 4.35. The second kappa shape index (κ2) is 12.8. The van der Waals surface area contributed by atoms with Crippen molar-refractivity contribution in [1.29, 1.82) is 0 Å². The van der Waals surface area contributed by atoms with E-state index >= 15 is 0 Å². The Kier molecular flexibility index (Phi) is 12.0. The number of hydrogen-bond acceptors (Lipinski definition) is 0. The van der Waals surface area contributed by atoms with E-state index < -0.39 is 0 Å². The summed E-state index contributed by atoms with van der Waals surface area (Å²) < 4.78 is 0. The molecule has 0 rings (SSSR count). The third-order valence-corrected chi connectivity index (χ3v) is 5.20. The summed E-state index contributed by atoms with van der Waals surface area (Å²) in [6.45, 7) is 27.7. The van der Waals surface area contributed by atoms with E-state index in [1.54, 1.807) is 6.08 Å². The molecule has 0 heterocycles. The van der Waals surface area contributed by atoms with Gasteiger partial charge in [-0.25, -0.2) is 0 Å². The molecule has 0 saturated heterocycles. The number of hydrogen-bond donors (Lipinski definition) is 0. The Morgan fingerprint density at radius 2 is 1.24 bits per heavy atom. The van der Waals surface area contributed by atoms with E-state index in [4.69, 9.17) is 0 Å². The first-order valence-electron chi connectivity index (χ1n) is 9.73. The van der Waals surface area contributed by atoms with Crippen LogP contribution in [0, 0.1) is 23.7 Å². The zero-order valence-electron chi connectivity index (χ0n) is 17.4. The molecule has 0 aromatic heterocycles. The summed E-state index contributed by atoms with van der Waals surface area (Å²) in [6.07, 6.45) is 14.8. The SMILES string of the molecule is C=C/C=C\C(=C)C(=C)/C=C\C(=C)C(C)CCC(C)C(C)CCC(C)C. The largest absolute Gasteiger partial charge is 0.0991 e. The van der Waals surface area contributed by atoms with Crippen molar-refractivity contribution in [2.75, 3.05) is 0 Å². The van der Waals surface area contributed by atoms with Gasteiger partial charge in [-0.05, 0) is 47.7 Å². The van der Waals surface area contributed by atoms with E-state index in [9.17, 15) is 0 Å². The van der Waals surface area contributed by atoms with Crippen molar-refractivity contribution in [2.45, 2.75) is 60.3 Å². The van der Waals surface area contributed by atoms with Gasteiger partial charge in [0.1, 0.15) is 0 Å². The Morgan fingerprint density at radius 1 is 0.720 bits per heavy atom. The highest BCUT2D eigenvalue weighted by molar-refractivity contribution is 5.44. The Bertz CT molecular complexity index is 498. The van der Waals surface area contributed by atoms with Crippen molar-refractivity contribution in [2.24, 2.45) is 23.7 Å². The molecule has 0 aliphatic rings. The monoisotopic (exact) mass is 340 g/mol. The molecule has 0 N–H and O–H groups in total. The predicted octanol–water partition coefficient (Wildman–Crippen LogP) is 8.08. The van der Waals surface area contributed by atoms with Gasteiger partial charge in [-0.15, -0.1) is 0 Å². The van der Waals surface area contributed by atoms with E-state index in [0.717, 1.165) is 28.9 Å². The summed E-state index contributed by atoms with van der Waals surface area (Å²) in [5.74, 6) is 2.89. The van der Waals surface area contributed by atoms with Crippen molar-refractivity contribution < 1.29 is 0 Å². The zero-order valence-corrected chi connectivity index (χ0v) is 17.4. The normalized spacial score (nSPS) is 15.4. The molecule has 0 aliphatic heterocycles. The third-order valence-electron chi connectivity index (χ3n) is 5.20. The van der Waals surface area contributed by atoms with Gasteiger partial charge in [-0.1, -0.05) is 110 Å². The van der Waals surface area contributed by atoms with Crippen LogP contribution in [-0.2, 0) is 0 Å². The molecule has 0 heteroatoms. The van der Waals surface area contributed by atoms with Gasteiger partial charge in [-0.3, -0.25) is 0 Å². The molecular weight excluding hydrogens is 300 g/mol. The van der Waals surface area contributed by atoms with E-state index in [1.165, 1.54) is 31.3 Å². The molecular formula is C25H40. The first-order valence-corrected chi connectivity index (χ1v) is 9.73. The van der Waals surface area contributed by atoms with Crippen LogP contribution < -0.4 is 0 Å². The molecule has 0 amide bonds. The molecule has 0 radical (unpaired) electrons. The minimum atomic E-state index is 0.501. The van der Waals surface area contributed by atoms with Crippen molar-refractivity contribution in [1.82, 2.24) is 0 Å². The molecule has 0 aromatic carbocycles. The standard InChI is InChI=1S/C25H40/c1-10-11-12-20(4)22(6)15-16-24(8)25(9)18-17-23(7)21(5)14-13-19(2)3/h10-12,15-16,19,21,23,25H,1,4,6,8,13-14,17-18H2,2-3,5,7,9H3/b12-11-,16-15-. The lowest BCUT2D eigenvalue weighted by Crippen LogP contribution is -2.11. The van der Waals surface area contributed by atoms with Gasteiger partial charge in [0.25, 0.3) is 0 Å². The Labute approximate surface area is 157 Å². The fourth-order valence-corrected chi connectivity index (χ4v) is 2.63. The maximum Gasteiger partial charge on any atom is -0.0196 e. The minimum Gasteiger partial charge on any atom is -0.0991 e. The van der Waals surface area contributed by atoms with Crippen LogP contribution in [0.3, 0.4) is 0 Å². The van der Waals surface area contributed by atoms with Gasteiger partial charge in [-0.2, -0.15) is 0 Å². The molecule has 0 aromatic rings. The summed E-state index contributed by atoms with van der Waals surface area (Å²) in [5.41, 5.74) is 3.00. The van der Waals surface area contributed by atoms with Gasteiger partial charge in [0.2, 0.25) is 0 Å². The highest BCUT2D eigenvalue weighted by atomic mass is 14.2. The maximum atomic E-state index is 4.24. The number of rotatable bonds is 13. The molecule has 0 fully saturated rings. The molecule has 0 spiro atoms. The van der Waals surface area contributed by atoms with Crippen LogP contribution in [0.1, 0.15) is 60.3 Å². The van der Waals surface area contributed by atoms with Gasteiger partial charge in [0.15, 0.2) is 0 Å². The average molecular weight is 341 g/mol. The lowest BCUT2D eigenvalue weighted by Gasteiger charge is -2.22. The molecule has 140 valence electrons. The van der Waals surface area contributed by atoms with Crippen molar-refractivity contribution in [3.63, 3.8) is 0 Å². The molecule has 0 aliphatic carbocycles. The van der Waals surface area contributed by atoms with Crippen molar-refractivity contribution in [3.8, 4) is 0 Å². The van der Waals surface area contributed by atoms with E-state index in [0.29, 0.717) is 5.92 Å². The summed E-state index contributed by atoms with van der Waals surface area (Å²) in [4.78, 5) is 0. The average Bonchev–Trinajstić information content (AvgIpc) is 2.58. The Hall–Kier alpha value is -1.56. The summed E-state index contributed by atoms with van der Waals surface area (Å²) in [6, 6.07) is 0. The molecule has 3 atom stereocenters. The molecule has 0 nitrogen and oxygen atoms in total. The third kappa shape index (κ3) is 10.8. The second-order valence-electron chi connectivity index (χ2n) is 7.96. The van der Waals surface area contributed by atoms with Crippen molar-refractivity contribution >= 4 is 0 Å². The lowest BCUT2D eigenvalue weighted by molar-refractivity contribution is 0.306. The predicted molar refractivity (Wildman–Crippen MR) is 117 cm³/mol. The number of allylic oxidation sites excluding steroid dienone is 8. The quantitative estimate of drug-likeness (QED) is 0.297. The topological polar surface area (TPSA) is 0 Å². The first-order chi connectivity index (χ1) is 11.7. The first kappa shape index (κ1) is 23.4. The van der Waals surface area contributed by atoms with Crippen molar-refractivity contribution in [3.05, 3.63) is 73.4 Å². The van der Waals surface area contributed by atoms with E-state index in [1.807, 2.05) is 18.2 Å². The van der Waals surface area contributed by atoms with Gasteiger partial charge >= 0.3 is 0 Å². The summed E-state index contributed by atoms with van der Waals surface area (Å²) >= 11 is 0. The fourth-order valence-electron chi connectivity index (χ4n) is 2.63. The second-order valence-corrected chi connectivity index (χ2v) is 7.96. The molecule has 3 unspecified atom stereocenters. The van der Waals surface area contributed by atoms with Gasteiger partial charge in [0, 0.05) is 0 Å². The van der Waals surface area contributed by atoms with Gasteiger partial charge in [0.05, 0.1) is 0 Å². The summed E-state index contributed by atoms with van der Waals surface area (Å²) in [7, 11) is 0. The van der Waals surface area contributed by atoms with Crippen LogP contribution in [0.15, 0.2) is 73.4 Å². The van der Waals surface area contributed by atoms with Crippen LogP contribution in [-0.4, -0.2) is 0 Å². The van der Waals surface area contributed by atoms with Crippen LogP contribution in [0.2, 0.25) is 0 Å². The molecule has 0 saturated carbocycles. The minimum absolute atomic E-state index is 0.501. The molecule has 25 heavy (non-hydrogen) atoms. The highest BCUT2D eigenvalue weighted by Gasteiger charge is 2.14. The van der Waals surface area contributed by atoms with Crippen LogP contribution in [0.25, 0.3) is 0 Å².